The number of carbonyl (C=O) groups is 1. The summed E-state index contributed by atoms with van der Waals surface area (Å²) in [5.41, 5.74) is 1.06. The van der Waals surface area contributed by atoms with Gasteiger partial charge in [0.15, 0.2) is 0 Å². The van der Waals surface area contributed by atoms with E-state index in [9.17, 15) is 4.79 Å². The summed E-state index contributed by atoms with van der Waals surface area (Å²) in [5.74, 6) is 1.15. The molecule has 1 aromatic heterocycles. The predicted octanol–water partition coefficient (Wildman–Crippen LogP) is 1.72. The highest BCUT2D eigenvalue weighted by atomic mass is 16.2. The van der Waals surface area contributed by atoms with Crippen molar-refractivity contribution in [2.24, 2.45) is 0 Å². The first-order valence-corrected chi connectivity index (χ1v) is 7.90. The Bertz CT molecular complexity index is 662. The summed E-state index contributed by atoms with van der Waals surface area (Å²) in [6.07, 6.45) is 6.06. The van der Waals surface area contributed by atoms with Crippen molar-refractivity contribution in [2.45, 2.75) is 38.0 Å². The summed E-state index contributed by atoms with van der Waals surface area (Å²) in [6.45, 7) is 2.46. The molecule has 22 heavy (non-hydrogen) atoms. The Morgan fingerprint density at radius 2 is 2.05 bits per heavy atom. The molecule has 1 aliphatic heterocycles. The van der Waals surface area contributed by atoms with Gasteiger partial charge in [-0.2, -0.15) is 0 Å². The third-order valence-electron chi connectivity index (χ3n) is 4.43. The molecule has 1 aliphatic carbocycles. The van der Waals surface area contributed by atoms with Crippen LogP contribution in [-0.4, -0.2) is 32.9 Å². The molecular formula is C17H20N4O. The lowest BCUT2D eigenvalue weighted by molar-refractivity contribution is -0.127. The minimum Gasteiger partial charge on any atom is -0.352 e. The first kappa shape index (κ1) is 13.5. The van der Waals surface area contributed by atoms with Crippen LogP contribution in [0.4, 0.5) is 0 Å². The highest BCUT2D eigenvalue weighted by Gasteiger charge is 2.33. The smallest absolute Gasteiger partial charge is 0.242 e. The number of amides is 1. The summed E-state index contributed by atoms with van der Waals surface area (Å²) in [4.78, 5) is 19.4. The van der Waals surface area contributed by atoms with Crippen LogP contribution in [0.25, 0.3) is 0 Å². The average Bonchev–Trinajstić information content (AvgIpc) is 3.23. The zero-order valence-corrected chi connectivity index (χ0v) is 12.5. The van der Waals surface area contributed by atoms with Crippen molar-refractivity contribution in [3.05, 3.63) is 54.1 Å². The van der Waals surface area contributed by atoms with Crippen LogP contribution in [0.2, 0.25) is 0 Å². The maximum Gasteiger partial charge on any atom is 0.242 e. The first-order valence-electron chi connectivity index (χ1n) is 7.90. The van der Waals surface area contributed by atoms with Crippen LogP contribution >= 0.6 is 0 Å². The van der Waals surface area contributed by atoms with E-state index in [1.807, 2.05) is 42.7 Å². The van der Waals surface area contributed by atoms with Gasteiger partial charge in [-0.25, -0.2) is 4.98 Å². The molecule has 5 nitrogen and oxygen atoms in total. The van der Waals surface area contributed by atoms with Crippen LogP contribution in [0.15, 0.2) is 42.7 Å². The number of rotatable bonds is 4. The van der Waals surface area contributed by atoms with E-state index in [0.29, 0.717) is 12.6 Å². The molecule has 1 saturated carbocycles. The van der Waals surface area contributed by atoms with Crippen LogP contribution in [-0.2, 0) is 17.9 Å². The fourth-order valence-corrected chi connectivity index (χ4v) is 3.08. The van der Waals surface area contributed by atoms with Crippen molar-refractivity contribution in [3.63, 3.8) is 0 Å². The van der Waals surface area contributed by atoms with Gasteiger partial charge in [0.25, 0.3) is 0 Å². The molecule has 2 aliphatic rings. The molecule has 5 heteroatoms. The van der Waals surface area contributed by atoms with Gasteiger partial charge in [-0.15, -0.1) is 0 Å². The fourth-order valence-electron chi connectivity index (χ4n) is 3.08. The molecular weight excluding hydrogens is 276 g/mol. The van der Waals surface area contributed by atoms with Crippen molar-refractivity contribution in [2.75, 3.05) is 6.54 Å². The van der Waals surface area contributed by atoms with E-state index in [2.05, 4.69) is 19.8 Å². The monoisotopic (exact) mass is 296 g/mol. The number of nitrogens with one attached hydrogen (secondary N) is 1. The summed E-state index contributed by atoms with van der Waals surface area (Å²) in [6, 6.07) is 10.2. The SMILES string of the molecule is O=C(NC1CC1)[C@@H](c1ccccc1)N1CCn2ccnc2C1. The quantitative estimate of drug-likeness (QED) is 0.934. The molecule has 0 radical (unpaired) electrons. The Kier molecular flexibility index (Phi) is 3.42. The van der Waals surface area contributed by atoms with Gasteiger partial charge in [-0.1, -0.05) is 30.3 Å². The third-order valence-corrected chi connectivity index (χ3v) is 4.43. The number of carbonyl (C=O) groups excluding carboxylic acids is 1. The number of nitrogens with zero attached hydrogens (tertiary/aromatic N) is 3. The van der Waals surface area contributed by atoms with Crippen LogP contribution in [0.5, 0.6) is 0 Å². The topological polar surface area (TPSA) is 50.2 Å². The molecule has 4 rings (SSSR count). The van der Waals surface area contributed by atoms with Crippen molar-refractivity contribution in [1.29, 1.82) is 0 Å². The van der Waals surface area contributed by atoms with Gasteiger partial charge in [0.05, 0.1) is 6.54 Å². The molecule has 0 bridgehead atoms. The average molecular weight is 296 g/mol. The maximum atomic E-state index is 12.8. The largest absolute Gasteiger partial charge is 0.352 e. The highest BCUT2D eigenvalue weighted by molar-refractivity contribution is 5.83. The van der Waals surface area contributed by atoms with Crippen LogP contribution in [0, 0.1) is 0 Å². The molecule has 0 spiro atoms. The molecule has 0 unspecified atom stereocenters. The third kappa shape index (κ3) is 2.64. The zero-order valence-electron chi connectivity index (χ0n) is 12.5. The molecule has 0 saturated heterocycles. The summed E-state index contributed by atoms with van der Waals surface area (Å²) in [7, 11) is 0. The van der Waals surface area contributed by atoms with Gasteiger partial charge in [-0.3, -0.25) is 9.69 Å². The Balaban J connectivity index is 1.61. The summed E-state index contributed by atoms with van der Waals surface area (Å²) < 4.78 is 2.16. The second-order valence-electron chi connectivity index (χ2n) is 6.10. The standard InChI is InChI=1S/C17H20N4O/c22-17(19-14-6-7-14)16(13-4-2-1-3-5-13)21-11-10-20-9-8-18-15(20)12-21/h1-5,8-9,14,16H,6-7,10-12H2,(H,19,22)/t16-/m1/s1. The lowest BCUT2D eigenvalue weighted by atomic mass is 10.0. The lowest BCUT2D eigenvalue weighted by Crippen LogP contribution is -2.44. The maximum absolute atomic E-state index is 12.8. The normalized spacial score (nSPS) is 19.5. The van der Waals surface area contributed by atoms with Gasteiger partial charge < -0.3 is 9.88 Å². The van der Waals surface area contributed by atoms with E-state index < -0.39 is 0 Å². The number of hydrogen-bond acceptors (Lipinski definition) is 3. The van der Waals surface area contributed by atoms with Crippen LogP contribution in [0.3, 0.4) is 0 Å². The summed E-state index contributed by atoms with van der Waals surface area (Å²) >= 11 is 0. The van der Waals surface area contributed by atoms with E-state index in [1.165, 1.54) is 0 Å². The van der Waals surface area contributed by atoms with Crippen molar-refractivity contribution < 1.29 is 4.79 Å². The molecule has 2 heterocycles. The zero-order chi connectivity index (χ0) is 14.9. The number of hydrogen-bond donors (Lipinski definition) is 1. The number of benzene rings is 1. The van der Waals surface area contributed by atoms with Gasteiger partial charge in [0, 0.05) is 31.5 Å². The van der Waals surface area contributed by atoms with Crippen molar-refractivity contribution >= 4 is 5.91 Å². The Morgan fingerprint density at radius 3 is 2.82 bits per heavy atom. The molecule has 1 aromatic carbocycles. The second-order valence-corrected chi connectivity index (χ2v) is 6.10. The molecule has 2 aromatic rings. The fraction of sp³-hybridized carbons (Fsp3) is 0.412. The first-order chi connectivity index (χ1) is 10.8. The predicted molar refractivity (Wildman–Crippen MR) is 83.0 cm³/mol. The van der Waals surface area contributed by atoms with Gasteiger partial charge in [0.1, 0.15) is 11.9 Å². The van der Waals surface area contributed by atoms with Crippen LogP contribution < -0.4 is 5.32 Å². The van der Waals surface area contributed by atoms with Gasteiger partial charge >= 0.3 is 0 Å². The summed E-state index contributed by atoms with van der Waals surface area (Å²) in [5, 5.41) is 3.16. The van der Waals surface area contributed by atoms with Gasteiger partial charge in [-0.05, 0) is 18.4 Å². The molecule has 114 valence electrons. The molecule has 1 atom stereocenters. The molecule has 1 amide bonds. The van der Waals surface area contributed by atoms with E-state index in [0.717, 1.165) is 37.3 Å². The van der Waals surface area contributed by atoms with Crippen molar-refractivity contribution in [3.8, 4) is 0 Å². The highest BCUT2D eigenvalue weighted by Crippen LogP contribution is 2.27. The molecule has 1 N–H and O–H groups in total. The van der Waals surface area contributed by atoms with E-state index in [-0.39, 0.29) is 11.9 Å². The Labute approximate surface area is 130 Å². The van der Waals surface area contributed by atoms with Crippen molar-refractivity contribution in [1.82, 2.24) is 19.8 Å². The van der Waals surface area contributed by atoms with Crippen LogP contribution in [0.1, 0.15) is 30.3 Å². The van der Waals surface area contributed by atoms with Gasteiger partial charge in [0.2, 0.25) is 5.91 Å². The van der Waals surface area contributed by atoms with E-state index in [1.54, 1.807) is 0 Å². The minimum absolute atomic E-state index is 0.119. The van der Waals surface area contributed by atoms with E-state index in [4.69, 9.17) is 0 Å². The Hall–Kier alpha value is -2.14. The molecule has 1 fully saturated rings. The van der Waals surface area contributed by atoms with E-state index >= 15 is 0 Å². The Morgan fingerprint density at radius 1 is 1.23 bits per heavy atom. The number of imidazole rings is 1. The lowest BCUT2D eigenvalue weighted by Gasteiger charge is -2.34. The number of aromatic nitrogens is 2. The minimum atomic E-state index is -0.229. The second kappa shape index (κ2) is 5.57. The number of fused-ring (bicyclic) bond motifs is 1.